The molecule has 19 heavy (non-hydrogen) atoms. The highest BCUT2D eigenvalue weighted by molar-refractivity contribution is 9.10. The smallest absolute Gasteiger partial charge is 0.252 e. The van der Waals surface area contributed by atoms with Gasteiger partial charge in [0, 0.05) is 15.8 Å². The minimum atomic E-state index is -0.0755. The van der Waals surface area contributed by atoms with E-state index >= 15 is 0 Å². The number of hydrogen-bond acceptors (Lipinski definition) is 3. The van der Waals surface area contributed by atoms with Crippen LogP contribution in [-0.4, -0.2) is 10.9 Å². The summed E-state index contributed by atoms with van der Waals surface area (Å²) in [5.41, 5.74) is 1.60. The second-order valence-corrected chi connectivity index (χ2v) is 6.36. The van der Waals surface area contributed by atoms with Crippen LogP contribution in [0.1, 0.15) is 39.8 Å². The molecule has 1 saturated carbocycles. The fourth-order valence-electron chi connectivity index (χ4n) is 1.83. The van der Waals surface area contributed by atoms with E-state index in [-0.39, 0.29) is 5.91 Å². The van der Waals surface area contributed by atoms with Gasteiger partial charge in [-0.1, -0.05) is 12.1 Å². The first-order valence-electron chi connectivity index (χ1n) is 6.21. The van der Waals surface area contributed by atoms with Crippen molar-refractivity contribution >= 4 is 33.2 Å². The van der Waals surface area contributed by atoms with Gasteiger partial charge < -0.3 is 5.32 Å². The third-order valence-electron chi connectivity index (χ3n) is 3.04. The molecule has 0 radical (unpaired) electrons. The van der Waals surface area contributed by atoms with Gasteiger partial charge in [0.2, 0.25) is 0 Å². The van der Waals surface area contributed by atoms with E-state index in [1.807, 2.05) is 23.6 Å². The van der Waals surface area contributed by atoms with Crippen LogP contribution in [0.25, 0.3) is 0 Å². The first kappa shape index (κ1) is 12.8. The third-order valence-corrected chi connectivity index (χ3v) is 4.79. The Morgan fingerprint density at radius 1 is 1.42 bits per heavy atom. The molecule has 1 aliphatic carbocycles. The molecule has 0 aliphatic heterocycles. The Balaban J connectivity index is 1.62. The zero-order valence-corrected chi connectivity index (χ0v) is 12.6. The molecule has 0 atom stereocenters. The second kappa shape index (κ2) is 5.43. The molecule has 5 heteroatoms. The number of carbonyl (C=O) groups is 1. The third kappa shape index (κ3) is 3.04. The van der Waals surface area contributed by atoms with Gasteiger partial charge in [0.05, 0.1) is 22.8 Å². The van der Waals surface area contributed by atoms with E-state index in [0.29, 0.717) is 18.0 Å². The van der Waals surface area contributed by atoms with Gasteiger partial charge in [0.25, 0.3) is 5.91 Å². The summed E-state index contributed by atoms with van der Waals surface area (Å²) in [5, 5.41) is 6.15. The number of amides is 1. The number of nitrogens with one attached hydrogen (secondary N) is 1. The summed E-state index contributed by atoms with van der Waals surface area (Å²) in [6.45, 7) is 0.489. The van der Waals surface area contributed by atoms with Crippen molar-refractivity contribution in [2.24, 2.45) is 0 Å². The van der Waals surface area contributed by atoms with Gasteiger partial charge in [-0.2, -0.15) is 0 Å². The molecule has 1 aliphatic rings. The van der Waals surface area contributed by atoms with Crippen LogP contribution in [0.3, 0.4) is 0 Å². The van der Waals surface area contributed by atoms with Gasteiger partial charge in [0.1, 0.15) is 0 Å². The zero-order valence-electron chi connectivity index (χ0n) is 10.2. The summed E-state index contributed by atoms with van der Waals surface area (Å²) in [4.78, 5) is 16.6. The number of nitrogens with zero attached hydrogens (tertiary/aromatic N) is 1. The molecule has 0 saturated heterocycles. The van der Waals surface area contributed by atoms with Gasteiger partial charge in [0.15, 0.2) is 0 Å². The van der Waals surface area contributed by atoms with Crippen LogP contribution in [-0.2, 0) is 6.54 Å². The molecule has 2 aromatic rings. The number of halogens is 1. The number of benzene rings is 1. The Labute approximate surface area is 124 Å². The van der Waals surface area contributed by atoms with Gasteiger partial charge in [-0.15, -0.1) is 11.3 Å². The normalized spacial score (nSPS) is 14.4. The topological polar surface area (TPSA) is 42.0 Å². The lowest BCUT2D eigenvalue weighted by Gasteiger charge is -2.05. The fraction of sp³-hybridized carbons (Fsp3) is 0.286. The summed E-state index contributed by atoms with van der Waals surface area (Å²) in [6.07, 6.45) is 2.52. The van der Waals surface area contributed by atoms with Crippen LogP contribution in [0, 0.1) is 0 Å². The number of aromatic nitrogens is 1. The number of carbonyl (C=O) groups excluding carboxylic acids is 1. The lowest BCUT2D eigenvalue weighted by molar-refractivity contribution is 0.0949. The van der Waals surface area contributed by atoms with Crippen molar-refractivity contribution < 1.29 is 4.79 Å². The van der Waals surface area contributed by atoms with E-state index in [1.54, 1.807) is 17.4 Å². The predicted octanol–water partition coefficient (Wildman–Crippen LogP) is 3.71. The van der Waals surface area contributed by atoms with E-state index in [2.05, 4.69) is 26.2 Å². The van der Waals surface area contributed by atoms with E-state index in [1.165, 1.54) is 17.8 Å². The van der Waals surface area contributed by atoms with E-state index in [0.717, 1.165) is 10.2 Å². The summed E-state index contributed by atoms with van der Waals surface area (Å²) >= 11 is 5.08. The lowest BCUT2D eigenvalue weighted by atomic mass is 10.2. The van der Waals surface area contributed by atoms with Crippen molar-refractivity contribution in [2.45, 2.75) is 25.3 Å². The molecule has 0 spiro atoms. The van der Waals surface area contributed by atoms with E-state index < -0.39 is 0 Å². The highest BCUT2D eigenvalue weighted by Gasteiger charge is 2.26. The fourth-order valence-corrected chi connectivity index (χ4v) is 3.29. The van der Waals surface area contributed by atoms with Gasteiger partial charge in [-0.05, 0) is 40.9 Å². The zero-order chi connectivity index (χ0) is 13.2. The SMILES string of the molecule is O=C(NCc1csc(C2CC2)n1)c1ccccc1Br. The minimum Gasteiger partial charge on any atom is -0.346 e. The molecular formula is C14H13BrN2OS. The van der Waals surface area contributed by atoms with Crippen molar-refractivity contribution in [3.05, 3.63) is 50.4 Å². The first-order chi connectivity index (χ1) is 9.24. The van der Waals surface area contributed by atoms with Crippen molar-refractivity contribution in [2.75, 3.05) is 0 Å². The molecule has 1 N–H and O–H groups in total. The molecule has 0 bridgehead atoms. The quantitative estimate of drug-likeness (QED) is 0.924. The Bertz CT molecular complexity index is 607. The molecule has 1 amide bonds. The van der Waals surface area contributed by atoms with Crippen LogP contribution in [0.4, 0.5) is 0 Å². The van der Waals surface area contributed by atoms with Crippen LogP contribution in [0.2, 0.25) is 0 Å². The van der Waals surface area contributed by atoms with Gasteiger partial charge >= 0.3 is 0 Å². The average molecular weight is 337 g/mol. The number of rotatable bonds is 4. The molecule has 1 heterocycles. The summed E-state index contributed by atoms with van der Waals surface area (Å²) in [7, 11) is 0. The molecule has 1 aromatic heterocycles. The summed E-state index contributed by atoms with van der Waals surface area (Å²) < 4.78 is 0.810. The highest BCUT2D eigenvalue weighted by Crippen LogP contribution is 2.41. The van der Waals surface area contributed by atoms with Crippen LogP contribution >= 0.6 is 27.3 Å². The second-order valence-electron chi connectivity index (χ2n) is 4.61. The monoisotopic (exact) mass is 336 g/mol. The maximum absolute atomic E-state index is 12.0. The van der Waals surface area contributed by atoms with E-state index in [4.69, 9.17) is 0 Å². The van der Waals surface area contributed by atoms with Crippen LogP contribution in [0.15, 0.2) is 34.1 Å². The molecule has 3 rings (SSSR count). The molecule has 1 fully saturated rings. The van der Waals surface area contributed by atoms with Crippen molar-refractivity contribution in [3.8, 4) is 0 Å². The minimum absolute atomic E-state index is 0.0755. The van der Waals surface area contributed by atoms with Crippen molar-refractivity contribution in [1.29, 1.82) is 0 Å². The maximum atomic E-state index is 12.0. The van der Waals surface area contributed by atoms with Gasteiger partial charge in [-0.3, -0.25) is 4.79 Å². The van der Waals surface area contributed by atoms with Gasteiger partial charge in [-0.25, -0.2) is 4.98 Å². The average Bonchev–Trinajstić information content (AvgIpc) is 3.16. The maximum Gasteiger partial charge on any atom is 0.252 e. The molecule has 98 valence electrons. The first-order valence-corrected chi connectivity index (χ1v) is 7.88. The molecule has 3 nitrogen and oxygen atoms in total. The number of hydrogen-bond donors (Lipinski definition) is 1. The Morgan fingerprint density at radius 3 is 2.95 bits per heavy atom. The summed E-state index contributed by atoms with van der Waals surface area (Å²) in [5.74, 6) is 0.603. The lowest BCUT2D eigenvalue weighted by Crippen LogP contribution is -2.23. The molecule has 0 unspecified atom stereocenters. The van der Waals surface area contributed by atoms with Crippen molar-refractivity contribution in [3.63, 3.8) is 0 Å². The van der Waals surface area contributed by atoms with Crippen molar-refractivity contribution in [1.82, 2.24) is 10.3 Å². The Morgan fingerprint density at radius 2 is 2.21 bits per heavy atom. The number of thiazole rings is 1. The molecule has 1 aromatic carbocycles. The van der Waals surface area contributed by atoms with E-state index in [9.17, 15) is 4.79 Å². The van der Waals surface area contributed by atoms with Crippen LogP contribution < -0.4 is 5.32 Å². The predicted molar refractivity (Wildman–Crippen MR) is 79.4 cm³/mol. The Hall–Kier alpha value is -1.20. The molecular weight excluding hydrogens is 324 g/mol. The van der Waals surface area contributed by atoms with Crippen LogP contribution in [0.5, 0.6) is 0 Å². The summed E-state index contributed by atoms with van der Waals surface area (Å²) in [6, 6.07) is 7.41. The Kier molecular flexibility index (Phi) is 3.66. The standard InChI is InChI=1S/C14H13BrN2OS/c15-12-4-2-1-3-11(12)13(18)16-7-10-8-19-14(17-10)9-5-6-9/h1-4,8-9H,5-7H2,(H,16,18). The largest absolute Gasteiger partial charge is 0.346 e. The highest BCUT2D eigenvalue weighted by atomic mass is 79.9.